The van der Waals surface area contributed by atoms with Gasteiger partial charge in [-0.25, -0.2) is 0 Å². The molecule has 2 amide bonds. The number of methoxy groups -OCH3 is 1. The molecule has 2 aromatic carbocycles. The Balaban J connectivity index is 1.81. The van der Waals surface area contributed by atoms with Crippen LogP contribution in [0.25, 0.3) is 0 Å². The number of carbonyl (C=O) groups excluding carboxylic acids is 2. The van der Waals surface area contributed by atoms with Gasteiger partial charge in [0.15, 0.2) is 6.61 Å². The van der Waals surface area contributed by atoms with Crippen LogP contribution in [0.15, 0.2) is 36.4 Å². The number of amides is 2. The molecule has 0 aliphatic rings. The maximum absolute atomic E-state index is 12.0. The molecule has 0 fully saturated rings. The van der Waals surface area contributed by atoms with E-state index in [2.05, 4.69) is 10.6 Å². The SMILES string of the molecule is COc1ccc(C)cc1NC(=O)CNC(=O)COc1cc(Cl)cc(Cl)c1. The maximum atomic E-state index is 12.0. The van der Waals surface area contributed by atoms with Crippen molar-refractivity contribution < 1.29 is 19.1 Å². The fraction of sp³-hybridized carbons (Fsp3) is 0.222. The Morgan fingerprint density at radius 2 is 1.73 bits per heavy atom. The summed E-state index contributed by atoms with van der Waals surface area (Å²) in [6, 6.07) is 10.0. The van der Waals surface area contributed by atoms with Gasteiger partial charge in [0.2, 0.25) is 5.91 Å². The van der Waals surface area contributed by atoms with Gasteiger partial charge in [-0.05, 0) is 42.8 Å². The van der Waals surface area contributed by atoms with E-state index in [-0.39, 0.29) is 19.1 Å². The third-order valence-corrected chi connectivity index (χ3v) is 3.72. The van der Waals surface area contributed by atoms with Crippen molar-refractivity contribution in [2.75, 3.05) is 25.6 Å². The van der Waals surface area contributed by atoms with Crippen LogP contribution in [0.1, 0.15) is 5.56 Å². The molecule has 0 radical (unpaired) electrons. The van der Waals surface area contributed by atoms with Crippen molar-refractivity contribution in [3.63, 3.8) is 0 Å². The van der Waals surface area contributed by atoms with Gasteiger partial charge in [0.25, 0.3) is 5.91 Å². The second-order valence-corrected chi connectivity index (χ2v) is 6.30. The van der Waals surface area contributed by atoms with Crippen molar-refractivity contribution in [2.45, 2.75) is 6.92 Å². The first-order valence-electron chi connectivity index (χ1n) is 7.67. The van der Waals surface area contributed by atoms with Crippen molar-refractivity contribution in [3.8, 4) is 11.5 Å². The first-order chi connectivity index (χ1) is 12.4. The zero-order chi connectivity index (χ0) is 19.1. The molecule has 0 aliphatic heterocycles. The highest BCUT2D eigenvalue weighted by Crippen LogP contribution is 2.25. The molecule has 0 heterocycles. The third-order valence-electron chi connectivity index (χ3n) is 3.28. The molecule has 0 aliphatic carbocycles. The molecule has 6 nitrogen and oxygen atoms in total. The summed E-state index contributed by atoms with van der Waals surface area (Å²) in [5.41, 5.74) is 1.51. The molecule has 8 heteroatoms. The van der Waals surface area contributed by atoms with E-state index in [1.165, 1.54) is 19.2 Å². The molecule has 26 heavy (non-hydrogen) atoms. The van der Waals surface area contributed by atoms with Crippen LogP contribution in [-0.2, 0) is 9.59 Å². The minimum atomic E-state index is -0.451. The Kier molecular flexibility index (Phi) is 7.12. The van der Waals surface area contributed by atoms with Crippen molar-refractivity contribution in [1.29, 1.82) is 0 Å². The van der Waals surface area contributed by atoms with E-state index in [1.54, 1.807) is 18.2 Å². The standard InChI is InChI=1S/C18H18Cl2N2O4/c1-11-3-4-16(25-2)15(5-11)22-17(23)9-21-18(24)10-26-14-7-12(19)6-13(20)8-14/h3-8H,9-10H2,1-2H3,(H,21,24)(H,22,23). The lowest BCUT2D eigenvalue weighted by atomic mass is 10.2. The monoisotopic (exact) mass is 396 g/mol. The molecule has 0 spiro atoms. The minimum Gasteiger partial charge on any atom is -0.495 e. The lowest BCUT2D eigenvalue weighted by Crippen LogP contribution is -2.35. The zero-order valence-corrected chi connectivity index (χ0v) is 15.8. The molecule has 2 rings (SSSR count). The molecule has 0 unspecified atom stereocenters. The molecule has 0 aromatic heterocycles. The summed E-state index contributed by atoms with van der Waals surface area (Å²) in [6.07, 6.45) is 0. The normalized spacial score (nSPS) is 10.2. The molecular weight excluding hydrogens is 379 g/mol. The van der Waals surface area contributed by atoms with Crippen LogP contribution < -0.4 is 20.1 Å². The largest absolute Gasteiger partial charge is 0.495 e. The van der Waals surface area contributed by atoms with Crippen molar-refractivity contribution in [2.24, 2.45) is 0 Å². The van der Waals surface area contributed by atoms with E-state index in [9.17, 15) is 9.59 Å². The second kappa shape index (κ2) is 9.31. The van der Waals surface area contributed by atoms with Crippen LogP contribution in [-0.4, -0.2) is 32.1 Å². The molecule has 2 aromatic rings. The summed E-state index contributed by atoms with van der Waals surface area (Å²) >= 11 is 11.7. The van der Waals surface area contributed by atoms with Gasteiger partial charge in [0.05, 0.1) is 19.3 Å². The van der Waals surface area contributed by atoms with Crippen LogP contribution in [0.2, 0.25) is 10.0 Å². The Morgan fingerprint density at radius 3 is 2.38 bits per heavy atom. The molecule has 0 atom stereocenters. The summed E-state index contributed by atoms with van der Waals surface area (Å²) in [7, 11) is 1.52. The van der Waals surface area contributed by atoms with Crippen LogP contribution >= 0.6 is 23.2 Å². The van der Waals surface area contributed by atoms with E-state index >= 15 is 0 Å². The van der Waals surface area contributed by atoms with Crippen LogP contribution in [0, 0.1) is 6.92 Å². The summed E-state index contributed by atoms with van der Waals surface area (Å²) in [6.45, 7) is 1.43. The molecule has 2 N–H and O–H groups in total. The molecular formula is C18H18Cl2N2O4. The van der Waals surface area contributed by atoms with E-state index in [0.717, 1.165) is 5.56 Å². The molecule has 0 bridgehead atoms. The average molecular weight is 397 g/mol. The average Bonchev–Trinajstić information content (AvgIpc) is 2.57. The summed E-state index contributed by atoms with van der Waals surface area (Å²) < 4.78 is 10.5. The summed E-state index contributed by atoms with van der Waals surface area (Å²) in [5.74, 6) is 0.0727. The zero-order valence-electron chi connectivity index (χ0n) is 14.3. The van der Waals surface area contributed by atoms with Gasteiger partial charge in [0, 0.05) is 10.0 Å². The van der Waals surface area contributed by atoms with E-state index < -0.39 is 5.91 Å². The molecule has 138 valence electrons. The highest BCUT2D eigenvalue weighted by Gasteiger charge is 2.10. The highest BCUT2D eigenvalue weighted by molar-refractivity contribution is 6.34. The summed E-state index contributed by atoms with van der Waals surface area (Å²) in [4.78, 5) is 23.8. The second-order valence-electron chi connectivity index (χ2n) is 5.42. The van der Waals surface area contributed by atoms with Crippen molar-refractivity contribution >= 4 is 40.7 Å². The Labute approximate surface area is 161 Å². The summed E-state index contributed by atoms with van der Waals surface area (Å²) in [5, 5.41) is 5.97. The van der Waals surface area contributed by atoms with Gasteiger partial charge in [-0.2, -0.15) is 0 Å². The lowest BCUT2D eigenvalue weighted by Gasteiger charge is -2.12. The number of rotatable bonds is 7. The van der Waals surface area contributed by atoms with Crippen molar-refractivity contribution in [1.82, 2.24) is 5.32 Å². The van der Waals surface area contributed by atoms with Gasteiger partial charge in [0.1, 0.15) is 11.5 Å². The predicted molar refractivity (Wildman–Crippen MR) is 101 cm³/mol. The first-order valence-corrected chi connectivity index (χ1v) is 8.43. The van der Waals surface area contributed by atoms with E-state index in [0.29, 0.717) is 27.2 Å². The van der Waals surface area contributed by atoms with Crippen LogP contribution in [0.4, 0.5) is 5.69 Å². The number of carbonyl (C=O) groups is 2. The number of halogens is 2. The fourth-order valence-electron chi connectivity index (χ4n) is 2.10. The van der Waals surface area contributed by atoms with Crippen molar-refractivity contribution in [3.05, 3.63) is 52.0 Å². The Morgan fingerprint density at radius 1 is 1.04 bits per heavy atom. The van der Waals surface area contributed by atoms with E-state index in [4.69, 9.17) is 32.7 Å². The number of nitrogens with one attached hydrogen (secondary N) is 2. The predicted octanol–water partition coefficient (Wildman–Crippen LogP) is 3.44. The van der Waals surface area contributed by atoms with Crippen LogP contribution in [0.3, 0.4) is 0 Å². The van der Waals surface area contributed by atoms with Gasteiger partial charge in [-0.15, -0.1) is 0 Å². The quantitative estimate of drug-likeness (QED) is 0.751. The number of aryl methyl sites for hydroxylation is 1. The fourth-order valence-corrected chi connectivity index (χ4v) is 2.61. The highest BCUT2D eigenvalue weighted by atomic mass is 35.5. The smallest absolute Gasteiger partial charge is 0.258 e. The minimum absolute atomic E-state index is 0.199. The number of ether oxygens (including phenoxy) is 2. The number of hydrogen-bond acceptors (Lipinski definition) is 4. The Bertz CT molecular complexity index is 792. The Hall–Kier alpha value is -2.44. The van der Waals surface area contributed by atoms with Gasteiger partial charge < -0.3 is 20.1 Å². The topological polar surface area (TPSA) is 76.7 Å². The van der Waals surface area contributed by atoms with Gasteiger partial charge >= 0.3 is 0 Å². The third kappa shape index (κ3) is 6.13. The number of anilines is 1. The molecule has 0 saturated carbocycles. The first kappa shape index (κ1) is 19.9. The molecule has 0 saturated heterocycles. The number of benzene rings is 2. The number of hydrogen-bond donors (Lipinski definition) is 2. The van der Waals surface area contributed by atoms with Crippen LogP contribution in [0.5, 0.6) is 11.5 Å². The lowest BCUT2D eigenvalue weighted by molar-refractivity contribution is -0.125. The van der Waals surface area contributed by atoms with Gasteiger partial charge in [-0.1, -0.05) is 29.3 Å². The maximum Gasteiger partial charge on any atom is 0.258 e. The van der Waals surface area contributed by atoms with Gasteiger partial charge in [-0.3, -0.25) is 9.59 Å². The van der Waals surface area contributed by atoms with E-state index in [1.807, 2.05) is 13.0 Å².